The molecule has 4 nitrogen and oxygen atoms in total. The van der Waals surface area contributed by atoms with E-state index in [0.29, 0.717) is 0 Å². The van der Waals surface area contributed by atoms with Crippen molar-refractivity contribution in [2.75, 3.05) is 0 Å². The van der Waals surface area contributed by atoms with E-state index in [0.717, 1.165) is 0 Å². The summed E-state index contributed by atoms with van der Waals surface area (Å²) in [6.45, 7) is 2.76. The first-order chi connectivity index (χ1) is 4.36. The van der Waals surface area contributed by atoms with Gasteiger partial charge in [-0.2, -0.15) is 0 Å². The average molecular weight is 147 g/mol. The normalized spacial score (nSPS) is 19.6. The zero-order chi connectivity index (χ0) is 8.36. The third-order valence-corrected chi connectivity index (χ3v) is 1.22. The standard InChI is InChI=1S/C6H13NO3/c1-4(8)3-6(2,10)5(7)9/h4,8,10H,3H2,1-2H3,(H2,7,9). The molecule has 0 aliphatic carbocycles. The van der Waals surface area contributed by atoms with Gasteiger partial charge in [0, 0.05) is 6.42 Å². The van der Waals surface area contributed by atoms with E-state index in [-0.39, 0.29) is 6.42 Å². The highest BCUT2D eigenvalue weighted by molar-refractivity contribution is 5.82. The van der Waals surface area contributed by atoms with E-state index >= 15 is 0 Å². The predicted octanol–water partition coefficient (Wildman–Crippen LogP) is -1.01. The smallest absolute Gasteiger partial charge is 0.249 e. The minimum atomic E-state index is -1.59. The fourth-order valence-corrected chi connectivity index (χ4v) is 0.676. The van der Waals surface area contributed by atoms with Crippen LogP contribution in [0.3, 0.4) is 0 Å². The second-order valence-electron chi connectivity index (χ2n) is 2.69. The quantitative estimate of drug-likeness (QED) is 0.478. The summed E-state index contributed by atoms with van der Waals surface area (Å²) in [6.07, 6.45) is -0.745. The van der Waals surface area contributed by atoms with E-state index in [1.54, 1.807) is 0 Å². The molecule has 2 unspecified atom stereocenters. The van der Waals surface area contributed by atoms with E-state index < -0.39 is 17.6 Å². The number of hydrogen-bond acceptors (Lipinski definition) is 3. The maximum atomic E-state index is 10.4. The Bertz CT molecular complexity index is 131. The van der Waals surface area contributed by atoms with E-state index in [1.807, 2.05) is 0 Å². The summed E-state index contributed by atoms with van der Waals surface area (Å²) in [5.41, 5.74) is 3.23. The van der Waals surface area contributed by atoms with Gasteiger partial charge in [0.15, 0.2) is 0 Å². The lowest BCUT2D eigenvalue weighted by atomic mass is 9.99. The summed E-state index contributed by atoms with van der Waals surface area (Å²) in [5, 5.41) is 17.9. The number of aliphatic hydroxyl groups excluding tert-OH is 1. The Balaban J connectivity index is 4.00. The van der Waals surface area contributed by atoms with Gasteiger partial charge in [-0.3, -0.25) is 4.79 Å². The van der Waals surface area contributed by atoms with Crippen LogP contribution in [-0.4, -0.2) is 27.8 Å². The largest absolute Gasteiger partial charge is 0.393 e. The molecule has 60 valence electrons. The van der Waals surface area contributed by atoms with Crippen LogP contribution in [0.2, 0.25) is 0 Å². The second-order valence-corrected chi connectivity index (χ2v) is 2.69. The van der Waals surface area contributed by atoms with E-state index in [9.17, 15) is 4.79 Å². The summed E-state index contributed by atoms with van der Waals surface area (Å²) in [7, 11) is 0. The zero-order valence-corrected chi connectivity index (χ0v) is 6.16. The van der Waals surface area contributed by atoms with Crippen molar-refractivity contribution in [3.8, 4) is 0 Å². The van der Waals surface area contributed by atoms with Gasteiger partial charge in [0.1, 0.15) is 5.60 Å². The number of rotatable bonds is 3. The first-order valence-corrected chi connectivity index (χ1v) is 3.06. The molecule has 0 aliphatic heterocycles. The van der Waals surface area contributed by atoms with Gasteiger partial charge in [-0.05, 0) is 13.8 Å². The van der Waals surface area contributed by atoms with Gasteiger partial charge in [0.2, 0.25) is 5.91 Å². The molecule has 0 fully saturated rings. The highest BCUT2D eigenvalue weighted by atomic mass is 16.3. The van der Waals surface area contributed by atoms with Crippen molar-refractivity contribution in [3.05, 3.63) is 0 Å². The van der Waals surface area contributed by atoms with Crippen LogP contribution in [0.25, 0.3) is 0 Å². The third kappa shape index (κ3) is 2.80. The second kappa shape index (κ2) is 2.98. The van der Waals surface area contributed by atoms with Crippen LogP contribution in [0, 0.1) is 0 Å². The molecule has 0 spiro atoms. The SMILES string of the molecule is CC(O)CC(C)(O)C(N)=O. The molecule has 0 rings (SSSR count). The number of amides is 1. The Kier molecular flexibility index (Phi) is 2.80. The lowest BCUT2D eigenvalue weighted by molar-refractivity contribution is -0.137. The van der Waals surface area contributed by atoms with Gasteiger partial charge in [-0.25, -0.2) is 0 Å². The molecule has 4 heteroatoms. The summed E-state index contributed by atoms with van der Waals surface area (Å²) in [5.74, 6) is -0.812. The van der Waals surface area contributed by atoms with Crippen LogP contribution < -0.4 is 5.73 Å². The number of primary amides is 1. The highest BCUT2D eigenvalue weighted by Crippen LogP contribution is 2.10. The monoisotopic (exact) mass is 147 g/mol. The van der Waals surface area contributed by atoms with Gasteiger partial charge in [0.25, 0.3) is 0 Å². The Hall–Kier alpha value is -0.610. The fraction of sp³-hybridized carbons (Fsp3) is 0.833. The molecule has 0 aliphatic rings. The van der Waals surface area contributed by atoms with Crippen LogP contribution in [-0.2, 0) is 4.79 Å². The van der Waals surface area contributed by atoms with Gasteiger partial charge < -0.3 is 15.9 Å². The van der Waals surface area contributed by atoms with Crippen molar-refractivity contribution >= 4 is 5.91 Å². The van der Waals surface area contributed by atoms with Crippen molar-refractivity contribution < 1.29 is 15.0 Å². The van der Waals surface area contributed by atoms with E-state index in [2.05, 4.69) is 0 Å². The molecule has 0 radical (unpaired) electrons. The molecule has 2 atom stereocenters. The molecule has 0 aromatic rings. The van der Waals surface area contributed by atoms with Gasteiger partial charge in [0.05, 0.1) is 6.10 Å². The van der Waals surface area contributed by atoms with Crippen molar-refractivity contribution in [1.29, 1.82) is 0 Å². The summed E-state index contributed by atoms with van der Waals surface area (Å²) < 4.78 is 0. The number of carbonyl (C=O) groups is 1. The molecular weight excluding hydrogens is 134 g/mol. The number of carbonyl (C=O) groups excluding carboxylic acids is 1. The number of nitrogens with two attached hydrogens (primary N) is 1. The summed E-state index contributed by atoms with van der Waals surface area (Å²) in [6, 6.07) is 0. The van der Waals surface area contributed by atoms with Gasteiger partial charge >= 0.3 is 0 Å². The van der Waals surface area contributed by atoms with Crippen LogP contribution in [0.15, 0.2) is 0 Å². The van der Waals surface area contributed by atoms with Crippen molar-refractivity contribution in [1.82, 2.24) is 0 Å². The van der Waals surface area contributed by atoms with Crippen molar-refractivity contribution in [2.45, 2.75) is 32.0 Å². The molecule has 0 bridgehead atoms. The molecule has 0 aromatic carbocycles. The minimum absolute atomic E-state index is 0.0255. The van der Waals surface area contributed by atoms with Crippen molar-refractivity contribution in [2.24, 2.45) is 5.73 Å². The highest BCUT2D eigenvalue weighted by Gasteiger charge is 2.28. The fourth-order valence-electron chi connectivity index (χ4n) is 0.676. The lowest BCUT2D eigenvalue weighted by Gasteiger charge is -2.19. The summed E-state index contributed by atoms with van der Waals surface area (Å²) >= 11 is 0. The lowest BCUT2D eigenvalue weighted by Crippen LogP contribution is -2.43. The summed E-state index contributed by atoms with van der Waals surface area (Å²) in [4.78, 5) is 10.4. The van der Waals surface area contributed by atoms with E-state index in [4.69, 9.17) is 15.9 Å². The van der Waals surface area contributed by atoms with Gasteiger partial charge in [-0.15, -0.1) is 0 Å². The number of hydrogen-bond donors (Lipinski definition) is 3. The molecule has 0 aromatic heterocycles. The molecule has 0 heterocycles. The topological polar surface area (TPSA) is 83.6 Å². The van der Waals surface area contributed by atoms with Crippen molar-refractivity contribution in [3.63, 3.8) is 0 Å². The van der Waals surface area contributed by atoms with E-state index in [1.165, 1.54) is 13.8 Å². The molecule has 4 N–H and O–H groups in total. The predicted molar refractivity (Wildman–Crippen MR) is 36.1 cm³/mol. The molecule has 10 heavy (non-hydrogen) atoms. The molecular formula is C6H13NO3. The molecule has 1 amide bonds. The third-order valence-electron chi connectivity index (χ3n) is 1.22. The van der Waals surface area contributed by atoms with Crippen LogP contribution in [0.4, 0.5) is 0 Å². The first-order valence-electron chi connectivity index (χ1n) is 3.06. The van der Waals surface area contributed by atoms with Crippen LogP contribution >= 0.6 is 0 Å². The first kappa shape index (κ1) is 9.39. The van der Waals surface area contributed by atoms with Crippen LogP contribution in [0.5, 0.6) is 0 Å². The molecule has 0 saturated carbocycles. The minimum Gasteiger partial charge on any atom is -0.393 e. The average Bonchev–Trinajstić information content (AvgIpc) is 1.60. The maximum absolute atomic E-state index is 10.4. The Morgan fingerprint density at radius 2 is 2.20 bits per heavy atom. The Morgan fingerprint density at radius 3 is 2.30 bits per heavy atom. The number of aliphatic hydroxyl groups is 2. The Morgan fingerprint density at radius 1 is 1.80 bits per heavy atom. The zero-order valence-electron chi connectivity index (χ0n) is 6.16. The van der Waals surface area contributed by atoms with Gasteiger partial charge in [-0.1, -0.05) is 0 Å². The molecule has 0 saturated heterocycles. The van der Waals surface area contributed by atoms with Crippen LogP contribution in [0.1, 0.15) is 20.3 Å². The Labute approximate surface area is 59.7 Å². The maximum Gasteiger partial charge on any atom is 0.249 e.